The number of amides is 1. The quantitative estimate of drug-likeness (QED) is 0.434. The van der Waals surface area contributed by atoms with Crippen molar-refractivity contribution < 1.29 is 14.3 Å². The molecule has 0 spiro atoms. The number of rotatable bonds is 8. The van der Waals surface area contributed by atoms with Crippen molar-refractivity contribution in [2.24, 2.45) is 10.7 Å². The molecule has 0 radical (unpaired) electrons. The van der Waals surface area contributed by atoms with Gasteiger partial charge in [-0.1, -0.05) is 37.5 Å². The first-order chi connectivity index (χ1) is 15.5. The summed E-state index contributed by atoms with van der Waals surface area (Å²) in [6.45, 7) is 1.38. The van der Waals surface area contributed by atoms with E-state index in [9.17, 15) is 4.79 Å². The minimum Gasteiger partial charge on any atom is -0.493 e. The van der Waals surface area contributed by atoms with Crippen LogP contribution < -0.4 is 25.8 Å². The van der Waals surface area contributed by atoms with Crippen LogP contribution in [-0.4, -0.2) is 39.7 Å². The summed E-state index contributed by atoms with van der Waals surface area (Å²) in [7, 11) is 5.11. The van der Waals surface area contributed by atoms with Gasteiger partial charge in [-0.3, -0.25) is 9.79 Å². The summed E-state index contributed by atoms with van der Waals surface area (Å²) in [6.07, 6.45) is 5.90. The summed E-state index contributed by atoms with van der Waals surface area (Å²) in [5.41, 5.74) is 8.14. The fourth-order valence-corrected chi connectivity index (χ4v) is 4.41. The molecule has 1 fully saturated rings. The highest BCUT2D eigenvalue weighted by atomic mass is 16.5. The van der Waals surface area contributed by atoms with E-state index in [1.807, 2.05) is 18.2 Å². The molecule has 1 amide bonds. The molecule has 0 heterocycles. The summed E-state index contributed by atoms with van der Waals surface area (Å²) in [5.74, 6) is 1.83. The van der Waals surface area contributed by atoms with Crippen LogP contribution in [-0.2, 0) is 12.0 Å². The number of hydrogen-bond donors (Lipinski definition) is 3. The van der Waals surface area contributed by atoms with Gasteiger partial charge in [-0.05, 0) is 48.2 Å². The fourth-order valence-electron chi connectivity index (χ4n) is 4.41. The van der Waals surface area contributed by atoms with Crippen LogP contribution in [0.25, 0.3) is 0 Å². The van der Waals surface area contributed by atoms with Gasteiger partial charge in [0.15, 0.2) is 17.5 Å². The van der Waals surface area contributed by atoms with E-state index in [2.05, 4.69) is 27.8 Å². The number of carbonyl (C=O) groups is 1. The lowest BCUT2D eigenvalue weighted by atomic mass is 9.69. The maximum atomic E-state index is 11.2. The summed E-state index contributed by atoms with van der Waals surface area (Å²) < 4.78 is 11.0. The Labute approximate surface area is 190 Å². The molecule has 172 valence electrons. The fraction of sp³-hybridized carbons (Fsp3) is 0.440. The van der Waals surface area contributed by atoms with Gasteiger partial charge < -0.3 is 25.8 Å². The van der Waals surface area contributed by atoms with Crippen LogP contribution in [0.4, 0.5) is 0 Å². The van der Waals surface area contributed by atoms with Crippen LogP contribution in [0.15, 0.2) is 47.5 Å². The van der Waals surface area contributed by atoms with Gasteiger partial charge in [-0.25, -0.2) is 0 Å². The third-order valence-corrected chi connectivity index (χ3v) is 6.32. The lowest BCUT2D eigenvalue weighted by molar-refractivity contribution is 0.100. The van der Waals surface area contributed by atoms with Crippen molar-refractivity contribution in [1.82, 2.24) is 10.6 Å². The van der Waals surface area contributed by atoms with Crippen molar-refractivity contribution >= 4 is 11.9 Å². The van der Waals surface area contributed by atoms with Gasteiger partial charge in [0.05, 0.1) is 14.2 Å². The maximum absolute atomic E-state index is 11.2. The van der Waals surface area contributed by atoms with Gasteiger partial charge in [-0.15, -0.1) is 0 Å². The van der Waals surface area contributed by atoms with Crippen LogP contribution in [0, 0.1) is 0 Å². The molecule has 0 atom stereocenters. The topological polar surface area (TPSA) is 98.0 Å². The standard InChI is InChI=1S/C25H34N4O3/c1-27-24(28-16-18-7-9-19(10-8-18)23(26)30)29-17-25(13-5-4-6-14-25)20-11-12-21(31-2)22(15-20)32-3/h7-12,15H,4-6,13-14,16-17H2,1-3H3,(H2,26,30)(H2,27,28,29). The summed E-state index contributed by atoms with van der Waals surface area (Å²) in [6, 6.07) is 13.5. The SMILES string of the molecule is CN=C(NCc1ccc(C(N)=O)cc1)NCC1(c2ccc(OC)c(OC)c2)CCCCC1. The molecule has 32 heavy (non-hydrogen) atoms. The largest absolute Gasteiger partial charge is 0.493 e. The van der Waals surface area contributed by atoms with E-state index in [4.69, 9.17) is 15.2 Å². The number of guanidine groups is 1. The molecule has 0 unspecified atom stereocenters. The first kappa shape index (κ1) is 23.4. The van der Waals surface area contributed by atoms with Crippen LogP contribution in [0.3, 0.4) is 0 Å². The van der Waals surface area contributed by atoms with Gasteiger partial charge >= 0.3 is 0 Å². The van der Waals surface area contributed by atoms with E-state index in [1.165, 1.54) is 24.8 Å². The number of ether oxygens (including phenoxy) is 2. The number of nitrogens with two attached hydrogens (primary N) is 1. The molecule has 0 aromatic heterocycles. The summed E-state index contributed by atoms with van der Waals surface area (Å²) in [4.78, 5) is 15.6. The molecule has 0 bridgehead atoms. The number of carbonyl (C=O) groups excluding carboxylic acids is 1. The van der Waals surface area contributed by atoms with E-state index >= 15 is 0 Å². The molecular formula is C25H34N4O3. The normalized spacial score (nSPS) is 15.7. The predicted molar refractivity (Wildman–Crippen MR) is 127 cm³/mol. The Morgan fingerprint density at radius 3 is 2.28 bits per heavy atom. The lowest BCUT2D eigenvalue weighted by Gasteiger charge is -2.38. The Morgan fingerprint density at radius 1 is 1.00 bits per heavy atom. The molecule has 0 saturated heterocycles. The first-order valence-corrected chi connectivity index (χ1v) is 11.1. The predicted octanol–water partition coefficient (Wildman–Crippen LogP) is 3.37. The highest BCUT2D eigenvalue weighted by Gasteiger charge is 2.34. The third-order valence-electron chi connectivity index (χ3n) is 6.32. The highest BCUT2D eigenvalue weighted by Crippen LogP contribution is 2.42. The van der Waals surface area contributed by atoms with Crippen molar-refractivity contribution in [2.45, 2.75) is 44.1 Å². The van der Waals surface area contributed by atoms with Gasteiger partial charge in [0.25, 0.3) is 0 Å². The number of benzene rings is 2. The summed E-state index contributed by atoms with van der Waals surface area (Å²) >= 11 is 0. The van der Waals surface area contributed by atoms with Crippen LogP contribution in [0.1, 0.15) is 53.6 Å². The first-order valence-electron chi connectivity index (χ1n) is 11.1. The molecule has 7 heteroatoms. The molecule has 4 N–H and O–H groups in total. The zero-order valence-electron chi connectivity index (χ0n) is 19.2. The minimum absolute atomic E-state index is 0.0125. The van der Waals surface area contributed by atoms with Crippen LogP contribution in [0.5, 0.6) is 11.5 Å². The molecule has 2 aromatic carbocycles. The van der Waals surface area contributed by atoms with Crippen LogP contribution in [0.2, 0.25) is 0 Å². The molecule has 0 aliphatic heterocycles. The molecule has 3 rings (SSSR count). The maximum Gasteiger partial charge on any atom is 0.248 e. The lowest BCUT2D eigenvalue weighted by Crippen LogP contribution is -2.46. The van der Waals surface area contributed by atoms with Crippen LogP contribution >= 0.6 is 0 Å². The molecular weight excluding hydrogens is 404 g/mol. The van der Waals surface area contributed by atoms with E-state index in [0.29, 0.717) is 12.1 Å². The van der Waals surface area contributed by atoms with Gasteiger partial charge in [0.1, 0.15) is 0 Å². The second kappa shape index (κ2) is 10.9. The number of nitrogens with zero attached hydrogens (tertiary/aromatic N) is 1. The molecule has 1 aliphatic rings. The van der Waals surface area contributed by atoms with Crippen molar-refractivity contribution in [3.63, 3.8) is 0 Å². The number of aliphatic imine (C=N–C) groups is 1. The number of primary amides is 1. The zero-order chi connectivity index (χ0) is 23.0. The monoisotopic (exact) mass is 438 g/mol. The van der Waals surface area contributed by atoms with E-state index < -0.39 is 5.91 Å². The number of nitrogens with one attached hydrogen (secondary N) is 2. The second-order valence-electron chi connectivity index (χ2n) is 8.25. The van der Waals surface area contributed by atoms with Crippen molar-refractivity contribution in [3.05, 3.63) is 59.2 Å². The third kappa shape index (κ3) is 5.52. The number of methoxy groups -OCH3 is 2. The molecule has 7 nitrogen and oxygen atoms in total. The Morgan fingerprint density at radius 2 is 1.69 bits per heavy atom. The van der Waals surface area contributed by atoms with Crippen molar-refractivity contribution in [3.8, 4) is 11.5 Å². The van der Waals surface area contributed by atoms with E-state index in [0.717, 1.165) is 42.4 Å². The van der Waals surface area contributed by atoms with Gasteiger partial charge in [-0.2, -0.15) is 0 Å². The summed E-state index contributed by atoms with van der Waals surface area (Å²) in [5, 5.41) is 6.90. The Bertz CT molecular complexity index is 935. The number of hydrogen-bond acceptors (Lipinski definition) is 4. The van der Waals surface area contributed by atoms with Gasteiger partial charge in [0, 0.05) is 31.1 Å². The molecule has 1 aliphatic carbocycles. The minimum atomic E-state index is -0.421. The average Bonchev–Trinajstić information content (AvgIpc) is 2.84. The van der Waals surface area contributed by atoms with E-state index in [1.54, 1.807) is 33.4 Å². The Balaban J connectivity index is 1.69. The van der Waals surface area contributed by atoms with E-state index in [-0.39, 0.29) is 5.41 Å². The Kier molecular flexibility index (Phi) is 7.98. The Hall–Kier alpha value is -3.22. The van der Waals surface area contributed by atoms with Crippen molar-refractivity contribution in [2.75, 3.05) is 27.8 Å². The smallest absolute Gasteiger partial charge is 0.248 e. The zero-order valence-corrected chi connectivity index (χ0v) is 19.2. The van der Waals surface area contributed by atoms with Crippen molar-refractivity contribution in [1.29, 1.82) is 0 Å². The molecule has 2 aromatic rings. The average molecular weight is 439 g/mol. The molecule has 1 saturated carbocycles. The highest BCUT2D eigenvalue weighted by molar-refractivity contribution is 5.92. The second-order valence-corrected chi connectivity index (χ2v) is 8.25. The van der Waals surface area contributed by atoms with Gasteiger partial charge in [0.2, 0.25) is 5.91 Å².